The van der Waals surface area contributed by atoms with Crippen molar-refractivity contribution in [3.63, 3.8) is 0 Å². The van der Waals surface area contributed by atoms with E-state index in [-0.39, 0.29) is 68.6 Å². The van der Waals surface area contributed by atoms with Crippen molar-refractivity contribution >= 4 is 67.1 Å². The molecule has 0 fully saturated rings. The van der Waals surface area contributed by atoms with Gasteiger partial charge in [0.1, 0.15) is 16.3 Å². The monoisotopic (exact) mass is 609 g/mol. The SMILES string of the molecule is CCOc1cccc(Cl)c1NC(=O)c1cc2ccccc2c(N=Nc2ccc(S(=O)(=O)O)c(Cl)c2CC)c1[O-].[Na+]. The number of para-hydroxylation sites is 1. The fraction of sp³-hybridized carbons (Fsp3) is 0.148. The van der Waals surface area contributed by atoms with Gasteiger partial charge >= 0.3 is 29.6 Å². The molecule has 202 valence electrons. The Labute approximate surface area is 263 Å². The Morgan fingerprint density at radius 2 is 1.77 bits per heavy atom. The van der Waals surface area contributed by atoms with Gasteiger partial charge in [0.2, 0.25) is 0 Å². The molecule has 0 aliphatic heterocycles. The zero-order valence-corrected chi connectivity index (χ0v) is 26.1. The number of ether oxygens (including phenoxy) is 1. The summed E-state index contributed by atoms with van der Waals surface area (Å²) in [6, 6.07) is 15.7. The van der Waals surface area contributed by atoms with Crippen LogP contribution in [0.4, 0.5) is 17.1 Å². The summed E-state index contributed by atoms with van der Waals surface area (Å²) in [5, 5.41) is 25.6. The van der Waals surface area contributed by atoms with E-state index in [0.717, 1.165) is 6.07 Å². The molecule has 4 aromatic rings. The number of hydrogen-bond acceptors (Lipinski definition) is 7. The van der Waals surface area contributed by atoms with E-state index in [1.165, 1.54) is 12.1 Å². The molecule has 0 bridgehead atoms. The zero-order chi connectivity index (χ0) is 28.3. The van der Waals surface area contributed by atoms with E-state index < -0.39 is 26.7 Å². The van der Waals surface area contributed by atoms with E-state index in [9.17, 15) is 22.9 Å². The summed E-state index contributed by atoms with van der Waals surface area (Å²) in [6.45, 7) is 3.85. The van der Waals surface area contributed by atoms with Crippen LogP contribution in [0.2, 0.25) is 10.0 Å². The van der Waals surface area contributed by atoms with Crippen LogP contribution in [0.5, 0.6) is 11.5 Å². The number of carbonyl (C=O) groups is 1. The molecular formula is C27H22Cl2N3NaO6S. The Morgan fingerprint density at radius 3 is 2.45 bits per heavy atom. The summed E-state index contributed by atoms with van der Waals surface area (Å²) in [7, 11) is -4.55. The van der Waals surface area contributed by atoms with Crippen LogP contribution in [0.1, 0.15) is 29.8 Å². The van der Waals surface area contributed by atoms with Gasteiger partial charge in [-0.15, -0.1) is 0 Å². The fourth-order valence-electron chi connectivity index (χ4n) is 3.98. The molecule has 9 nitrogen and oxygen atoms in total. The van der Waals surface area contributed by atoms with Crippen LogP contribution in [0.25, 0.3) is 10.8 Å². The summed E-state index contributed by atoms with van der Waals surface area (Å²) in [4.78, 5) is 12.8. The van der Waals surface area contributed by atoms with Crippen molar-refractivity contribution in [1.82, 2.24) is 0 Å². The standard InChI is InChI=1S/C27H23Cl2N3O6S.Na/c1-3-16-20(12-13-22(23(16)29)39(35,36)37)31-32-24-17-9-6-5-8-15(17)14-18(26(24)33)27(34)30-25-19(28)10-7-11-21(25)38-4-2;/h5-14,33H,3-4H2,1-2H3,(H,30,34)(H,35,36,37);/q;+1/p-1. The molecule has 0 aliphatic rings. The molecule has 4 rings (SSSR count). The summed E-state index contributed by atoms with van der Waals surface area (Å²) in [5.41, 5.74) is 0.442. The van der Waals surface area contributed by atoms with Gasteiger partial charge in [-0.25, -0.2) is 0 Å². The second kappa shape index (κ2) is 13.3. The Morgan fingerprint density at radius 1 is 1.05 bits per heavy atom. The summed E-state index contributed by atoms with van der Waals surface area (Å²) in [6.07, 6.45) is 0.268. The molecule has 13 heteroatoms. The summed E-state index contributed by atoms with van der Waals surface area (Å²) >= 11 is 12.5. The van der Waals surface area contributed by atoms with E-state index in [1.54, 1.807) is 56.3 Å². The van der Waals surface area contributed by atoms with Crippen LogP contribution >= 0.6 is 23.2 Å². The molecule has 0 saturated heterocycles. The van der Waals surface area contributed by atoms with Crippen LogP contribution in [0, 0.1) is 0 Å². The van der Waals surface area contributed by atoms with Gasteiger partial charge in [-0.2, -0.15) is 18.6 Å². The number of anilines is 1. The Hall–Kier alpha value is -2.70. The largest absolute Gasteiger partial charge is 1.00 e. The number of nitrogens with zero attached hydrogens (tertiary/aromatic N) is 2. The van der Waals surface area contributed by atoms with E-state index >= 15 is 0 Å². The van der Waals surface area contributed by atoms with Crippen molar-refractivity contribution in [3.05, 3.63) is 81.8 Å². The van der Waals surface area contributed by atoms with E-state index in [1.807, 2.05) is 0 Å². The third kappa shape index (κ3) is 6.60. The average molecular weight is 610 g/mol. The number of azo groups is 1. The van der Waals surface area contributed by atoms with E-state index in [2.05, 4.69) is 15.5 Å². The Kier molecular flexibility index (Phi) is 10.6. The fourth-order valence-corrected chi connectivity index (χ4v) is 5.37. The molecule has 0 saturated carbocycles. The molecule has 0 aromatic heterocycles. The minimum atomic E-state index is -4.55. The number of amides is 1. The summed E-state index contributed by atoms with van der Waals surface area (Å²) < 4.78 is 38.3. The smallest absolute Gasteiger partial charge is 0.870 e. The molecule has 0 spiro atoms. The minimum Gasteiger partial charge on any atom is -0.870 e. The third-order valence-corrected chi connectivity index (χ3v) is 7.56. The third-order valence-electron chi connectivity index (χ3n) is 5.81. The van der Waals surface area contributed by atoms with Gasteiger partial charge in [-0.05, 0) is 54.6 Å². The van der Waals surface area contributed by atoms with Crippen molar-refractivity contribution in [2.24, 2.45) is 10.2 Å². The van der Waals surface area contributed by atoms with Crippen molar-refractivity contribution in [2.45, 2.75) is 25.2 Å². The Bertz CT molecular complexity index is 1730. The van der Waals surface area contributed by atoms with Crippen LogP contribution in [-0.2, 0) is 16.5 Å². The van der Waals surface area contributed by atoms with Crippen molar-refractivity contribution in [3.8, 4) is 11.5 Å². The van der Waals surface area contributed by atoms with Crippen molar-refractivity contribution in [2.75, 3.05) is 11.9 Å². The van der Waals surface area contributed by atoms with Crippen LogP contribution in [0.3, 0.4) is 0 Å². The van der Waals surface area contributed by atoms with Crippen LogP contribution in [0.15, 0.2) is 75.8 Å². The van der Waals surface area contributed by atoms with E-state index in [0.29, 0.717) is 28.7 Å². The maximum atomic E-state index is 13.5. The van der Waals surface area contributed by atoms with E-state index in [4.69, 9.17) is 27.9 Å². The molecule has 0 unspecified atom stereocenters. The first-order valence-electron chi connectivity index (χ1n) is 11.7. The topological polar surface area (TPSA) is 140 Å². The first-order valence-corrected chi connectivity index (χ1v) is 13.9. The second-order valence-electron chi connectivity index (χ2n) is 8.23. The average Bonchev–Trinajstić information content (AvgIpc) is 2.89. The molecule has 4 aromatic carbocycles. The number of benzene rings is 4. The first kappa shape index (κ1) is 31.8. The normalized spacial score (nSPS) is 11.4. The van der Waals surface area contributed by atoms with Crippen molar-refractivity contribution in [1.29, 1.82) is 0 Å². The predicted octanol–water partition coefficient (Wildman–Crippen LogP) is 4.10. The molecule has 0 heterocycles. The Balaban J connectivity index is 0.00000441. The second-order valence-corrected chi connectivity index (χ2v) is 10.4. The molecule has 2 N–H and O–H groups in total. The van der Waals surface area contributed by atoms with Gasteiger partial charge in [0.15, 0.2) is 0 Å². The molecule has 0 radical (unpaired) electrons. The van der Waals surface area contributed by atoms with Gasteiger partial charge in [-0.1, -0.05) is 66.2 Å². The molecule has 40 heavy (non-hydrogen) atoms. The first-order chi connectivity index (χ1) is 18.6. The number of rotatable bonds is 8. The summed E-state index contributed by atoms with van der Waals surface area (Å²) in [5.74, 6) is -1.05. The molecule has 1 amide bonds. The maximum Gasteiger partial charge on any atom is 1.00 e. The molecule has 0 atom stereocenters. The quantitative estimate of drug-likeness (QED) is 0.175. The van der Waals surface area contributed by atoms with Crippen LogP contribution in [-0.4, -0.2) is 25.5 Å². The number of halogens is 2. The predicted molar refractivity (Wildman–Crippen MR) is 149 cm³/mol. The number of carbonyl (C=O) groups excluding carboxylic acids is 1. The number of nitrogens with one attached hydrogen (secondary N) is 1. The van der Waals surface area contributed by atoms with Gasteiger partial charge in [0.25, 0.3) is 16.0 Å². The number of hydrogen-bond donors (Lipinski definition) is 2. The minimum absolute atomic E-state index is 0. The van der Waals surface area contributed by atoms with Crippen molar-refractivity contribution < 1.29 is 57.2 Å². The molecular weight excluding hydrogens is 588 g/mol. The number of fused-ring (bicyclic) bond motifs is 1. The van der Waals surface area contributed by atoms with Crippen LogP contribution < -0.4 is 44.7 Å². The maximum absolute atomic E-state index is 13.5. The van der Waals surface area contributed by atoms with Gasteiger partial charge in [0.05, 0.1) is 28.0 Å². The van der Waals surface area contributed by atoms with Gasteiger partial charge in [0, 0.05) is 10.9 Å². The molecule has 0 aliphatic carbocycles. The van der Waals surface area contributed by atoms with Gasteiger partial charge < -0.3 is 15.2 Å². The van der Waals surface area contributed by atoms with Gasteiger partial charge in [-0.3, -0.25) is 9.35 Å². The zero-order valence-electron chi connectivity index (χ0n) is 21.7.